The zero-order valence-electron chi connectivity index (χ0n) is 14.5. The Balaban J connectivity index is 2.12. The van der Waals surface area contributed by atoms with E-state index in [9.17, 15) is 13.2 Å². The number of nitrogens with zero attached hydrogens (tertiary/aromatic N) is 1. The zero-order chi connectivity index (χ0) is 18.7. The maximum Gasteiger partial charge on any atom is 0.424 e. The van der Waals surface area contributed by atoms with Crippen LogP contribution >= 0.6 is 0 Å². The third-order valence-electron chi connectivity index (χ3n) is 4.49. The first-order chi connectivity index (χ1) is 12.4. The number of carbonyl (C=O) groups is 1. The molecule has 0 bridgehead atoms. The fourth-order valence-electron chi connectivity index (χ4n) is 3.18. The molecule has 2 atom stereocenters. The van der Waals surface area contributed by atoms with Crippen molar-refractivity contribution in [2.24, 2.45) is 5.92 Å². The molecule has 0 radical (unpaired) electrons. The molecule has 136 valence electrons. The van der Waals surface area contributed by atoms with Crippen molar-refractivity contribution in [3.8, 4) is 0 Å². The van der Waals surface area contributed by atoms with Gasteiger partial charge in [0, 0.05) is 5.92 Å². The number of hydrogen-bond donors (Lipinski definition) is 0. The monoisotopic (exact) mass is 371 g/mol. The van der Waals surface area contributed by atoms with Crippen LogP contribution in [0.25, 0.3) is 0 Å². The molecule has 0 unspecified atom stereocenters. The minimum atomic E-state index is -4.05. The van der Waals surface area contributed by atoms with E-state index < -0.39 is 22.2 Å². The number of sulfonamides is 1. The number of amides is 1. The number of benzene rings is 2. The largest absolute Gasteiger partial charge is 0.448 e. The minimum absolute atomic E-state index is 0.0697. The van der Waals surface area contributed by atoms with Gasteiger partial charge >= 0.3 is 6.09 Å². The van der Waals surface area contributed by atoms with Crippen molar-refractivity contribution in [1.29, 1.82) is 0 Å². The van der Waals surface area contributed by atoms with Crippen molar-refractivity contribution in [3.63, 3.8) is 0 Å². The highest BCUT2D eigenvalue weighted by Gasteiger charge is 2.45. The predicted molar refractivity (Wildman–Crippen MR) is 99.0 cm³/mol. The summed E-state index contributed by atoms with van der Waals surface area (Å²) >= 11 is 0. The number of aryl methyl sites for hydroxylation is 1. The van der Waals surface area contributed by atoms with Gasteiger partial charge in [-0.2, -0.15) is 4.31 Å². The second kappa shape index (κ2) is 7.33. The lowest BCUT2D eigenvalue weighted by Crippen LogP contribution is -2.48. The van der Waals surface area contributed by atoms with Gasteiger partial charge in [0.2, 0.25) is 0 Å². The molecule has 0 saturated carbocycles. The Kier molecular flexibility index (Phi) is 5.13. The number of ether oxygens (including phenoxy) is 1. The summed E-state index contributed by atoms with van der Waals surface area (Å²) in [6.07, 6.45) is 1.41. The number of rotatable bonds is 5. The Morgan fingerprint density at radius 2 is 1.81 bits per heavy atom. The van der Waals surface area contributed by atoms with Crippen LogP contribution in [0.4, 0.5) is 4.79 Å². The Bertz CT molecular complexity index is 891. The van der Waals surface area contributed by atoms with E-state index in [1.807, 2.05) is 37.3 Å². The molecule has 1 amide bonds. The lowest BCUT2D eigenvalue weighted by atomic mass is 9.90. The van der Waals surface area contributed by atoms with Crippen LogP contribution in [-0.4, -0.2) is 25.4 Å². The van der Waals surface area contributed by atoms with Crippen LogP contribution in [0.5, 0.6) is 0 Å². The molecule has 2 aromatic carbocycles. The van der Waals surface area contributed by atoms with Gasteiger partial charge in [0.15, 0.2) is 0 Å². The third kappa shape index (κ3) is 3.37. The van der Waals surface area contributed by atoms with Gasteiger partial charge in [-0.05, 0) is 31.0 Å². The molecule has 1 fully saturated rings. The number of carbonyl (C=O) groups excluding carboxylic acids is 1. The molecule has 0 aromatic heterocycles. The summed E-state index contributed by atoms with van der Waals surface area (Å²) < 4.78 is 32.6. The molecule has 1 saturated heterocycles. The van der Waals surface area contributed by atoms with Gasteiger partial charge in [-0.3, -0.25) is 0 Å². The smallest absolute Gasteiger partial charge is 0.424 e. The van der Waals surface area contributed by atoms with Crippen LogP contribution in [0.2, 0.25) is 0 Å². The molecular weight excluding hydrogens is 350 g/mol. The molecule has 0 spiro atoms. The molecule has 26 heavy (non-hydrogen) atoms. The normalized spacial score (nSPS) is 20.5. The first-order valence-corrected chi connectivity index (χ1v) is 9.83. The standard InChI is InChI=1S/C20H21NO4S/c1-3-7-17-14-25-20(22)21(19(17)16-8-5-4-6-9-16)26(23,24)18-12-10-15(2)11-13-18/h3-6,8-13,17,19H,1,7,14H2,2H3/t17-,19+/m0/s1. The average Bonchev–Trinajstić information content (AvgIpc) is 2.64. The third-order valence-corrected chi connectivity index (χ3v) is 6.25. The van der Waals surface area contributed by atoms with Crippen LogP contribution in [-0.2, 0) is 14.8 Å². The van der Waals surface area contributed by atoms with Crippen LogP contribution in [0.3, 0.4) is 0 Å². The summed E-state index contributed by atoms with van der Waals surface area (Å²) in [7, 11) is -4.05. The van der Waals surface area contributed by atoms with E-state index >= 15 is 0 Å². The second-order valence-electron chi connectivity index (χ2n) is 6.33. The predicted octanol–water partition coefficient (Wildman–Crippen LogP) is 4.07. The molecule has 6 heteroatoms. The van der Waals surface area contributed by atoms with Gasteiger partial charge in [-0.25, -0.2) is 13.2 Å². The van der Waals surface area contributed by atoms with Gasteiger partial charge < -0.3 is 4.74 Å². The Hall–Kier alpha value is -2.60. The molecule has 0 N–H and O–H groups in total. The van der Waals surface area contributed by atoms with E-state index in [-0.39, 0.29) is 17.4 Å². The highest BCUT2D eigenvalue weighted by molar-refractivity contribution is 7.89. The fraction of sp³-hybridized carbons (Fsp3) is 0.250. The van der Waals surface area contributed by atoms with Crippen LogP contribution < -0.4 is 0 Å². The zero-order valence-corrected chi connectivity index (χ0v) is 15.4. The maximum absolute atomic E-state index is 13.2. The van der Waals surface area contributed by atoms with Crippen molar-refractivity contribution < 1.29 is 17.9 Å². The topological polar surface area (TPSA) is 63.7 Å². The highest BCUT2D eigenvalue weighted by Crippen LogP contribution is 2.39. The van der Waals surface area contributed by atoms with Gasteiger partial charge in [0.05, 0.1) is 17.5 Å². The summed E-state index contributed by atoms with van der Waals surface area (Å²) in [5, 5.41) is 0. The van der Waals surface area contributed by atoms with E-state index in [0.29, 0.717) is 6.42 Å². The first-order valence-electron chi connectivity index (χ1n) is 8.39. The molecule has 3 rings (SSSR count). The van der Waals surface area contributed by atoms with Gasteiger partial charge in [0.1, 0.15) is 0 Å². The molecule has 1 heterocycles. The minimum Gasteiger partial charge on any atom is -0.448 e. The molecular formula is C20H21NO4S. The van der Waals surface area contributed by atoms with Crippen LogP contribution in [0.1, 0.15) is 23.6 Å². The van der Waals surface area contributed by atoms with Gasteiger partial charge in [0.25, 0.3) is 10.0 Å². The van der Waals surface area contributed by atoms with E-state index in [0.717, 1.165) is 15.4 Å². The van der Waals surface area contributed by atoms with E-state index in [2.05, 4.69) is 6.58 Å². The van der Waals surface area contributed by atoms with Crippen LogP contribution in [0, 0.1) is 12.8 Å². The fourth-order valence-corrected chi connectivity index (χ4v) is 4.73. The van der Waals surface area contributed by atoms with E-state index in [1.165, 1.54) is 12.1 Å². The molecule has 1 aliphatic heterocycles. The Labute approximate surface area is 154 Å². The number of allylic oxidation sites excluding steroid dienone is 1. The Morgan fingerprint density at radius 1 is 1.15 bits per heavy atom. The van der Waals surface area contributed by atoms with Gasteiger partial charge in [-0.1, -0.05) is 54.1 Å². The summed E-state index contributed by atoms with van der Waals surface area (Å²) in [6.45, 7) is 5.78. The van der Waals surface area contributed by atoms with Gasteiger partial charge in [-0.15, -0.1) is 6.58 Å². The summed E-state index contributed by atoms with van der Waals surface area (Å²) in [5.74, 6) is -0.201. The van der Waals surface area contributed by atoms with E-state index in [1.54, 1.807) is 18.2 Å². The number of cyclic esters (lactones) is 1. The van der Waals surface area contributed by atoms with Crippen LogP contribution in [0.15, 0.2) is 72.1 Å². The van der Waals surface area contributed by atoms with Crippen molar-refractivity contribution in [2.45, 2.75) is 24.3 Å². The summed E-state index contributed by atoms with van der Waals surface area (Å²) in [4.78, 5) is 12.6. The lowest BCUT2D eigenvalue weighted by molar-refractivity contribution is 0.0422. The lowest BCUT2D eigenvalue weighted by Gasteiger charge is -2.39. The summed E-state index contributed by atoms with van der Waals surface area (Å²) in [6, 6.07) is 15.0. The number of hydrogen-bond acceptors (Lipinski definition) is 4. The maximum atomic E-state index is 13.2. The SMILES string of the molecule is C=CC[C@H]1COC(=O)N(S(=O)(=O)c2ccc(C)cc2)[C@@H]1c1ccccc1. The average molecular weight is 371 g/mol. The second-order valence-corrected chi connectivity index (χ2v) is 8.15. The van der Waals surface area contributed by atoms with Crippen molar-refractivity contribution >= 4 is 16.1 Å². The van der Waals surface area contributed by atoms with E-state index in [4.69, 9.17) is 4.74 Å². The molecule has 5 nitrogen and oxygen atoms in total. The Morgan fingerprint density at radius 3 is 2.42 bits per heavy atom. The first kappa shape index (κ1) is 18.2. The molecule has 2 aromatic rings. The van der Waals surface area contributed by atoms with Crippen molar-refractivity contribution in [3.05, 3.63) is 78.4 Å². The molecule has 0 aliphatic carbocycles. The van der Waals surface area contributed by atoms with Crippen molar-refractivity contribution in [2.75, 3.05) is 6.61 Å². The van der Waals surface area contributed by atoms with Crippen molar-refractivity contribution in [1.82, 2.24) is 4.31 Å². The molecule has 1 aliphatic rings. The quantitative estimate of drug-likeness (QED) is 0.743. The highest BCUT2D eigenvalue weighted by atomic mass is 32.2. The summed E-state index contributed by atoms with van der Waals surface area (Å²) in [5.41, 5.74) is 1.70.